The topological polar surface area (TPSA) is 15.3 Å². The van der Waals surface area contributed by atoms with E-state index in [0.717, 1.165) is 38.2 Å². The van der Waals surface area contributed by atoms with Gasteiger partial charge in [0, 0.05) is 24.7 Å². The molecule has 0 fully saturated rings. The molecule has 120 valence electrons. The Bertz CT molecular complexity index is 395. The highest BCUT2D eigenvalue weighted by molar-refractivity contribution is 5.21. The second-order valence-corrected chi connectivity index (χ2v) is 5.89. The molecule has 1 aromatic carbocycles. The average Bonchev–Trinajstić information content (AvgIpc) is 2.50. The van der Waals surface area contributed by atoms with Gasteiger partial charge >= 0.3 is 0 Å². The zero-order valence-corrected chi connectivity index (χ0v) is 14.0. The van der Waals surface area contributed by atoms with Crippen molar-refractivity contribution in [2.24, 2.45) is 5.92 Å². The van der Waals surface area contributed by atoms with Gasteiger partial charge < -0.3 is 10.2 Å². The molecule has 0 aliphatic heterocycles. The lowest BCUT2D eigenvalue weighted by Crippen LogP contribution is -2.38. The van der Waals surface area contributed by atoms with E-state index in [1.54, 1.807) is 12.1 Å². The fourth-order valence-corrected chi connectivity index (χ4v) is 2.51. The van der Waals surface area contributed by atoms with E-state index in [4.69, 9.17) is 0 Å². The Kier molecular flexibility index (Phi) is 8.55. The van der Waals surface area contributed by atoms with E-state index in [9.17, 15) is 4.39 Å². The first-order chi connectivity index (χ1) is 10.1. The first kappa shape index (κ1) is 18.1. The standard InChI is InChI=1S/C18H31FN2/c1-5-12-20-18(16-10-8-9-11-17(16)19)14-21(7-3)13-15(4)6-2/h8-11,15,18,20H,5-7,12-14H2,1-4H3. The summed E-state index contributed by atoms with van der Waals surface area (Å²) in [7, 11) is 0. The van der Waals surface area contributed by atoms with Gasteiger partial charge in [-0.3, -0.25) is 0 Å². The van der Waals surface area contributed by atoms with Crippen molar-refractivity contribution in [3.05, 3.63) is 35.6 Å². The molecule has 0 saturated carbocycles. The minimum absolute atomic E-state index is 0.0650. The fraction of sp³-hybridized carbons (Fsp3) is 0.667. The first-order valence-corrected chi connectivity index (χ1v) is 8.32. The Morgan fingerprint density at radius 2 is 1.86 bits per heavy atom. The van der Waals surface area contributed by atoms with Crippen LogP contribution in [-0.4, -0.2) is 31.1 Å². The molecule has 0 radical (unpaired) electrons. The molecule has 1 aromatic rings. The fourth-order valence-electron chi connectivity index (χ4n) is 2.51. The number of hydrogen-bond donors (Lipinski definition) is 1. The predicted molar refractivity (Wildman–Crippen MR) is 89.0 cm³/mol. The van der Waals surface area contributed by atoms with E-state index in [-0.39, 0.29) is 11.9 Å². The van der Waals surface area contributed by atoms with Crippen LogP contribution in [0.25, 0.3) is 0 Å². The SMILES string of the molecule is CCCNC(CN(CC)CC(C)CC)c1ccccc1F. The van der Waals surface area contributed by atoms with Crippen molar-refractivity contribution in [1.82, 2.24) is 10.2 Å². The van der Waals surface area contributed by atoms with Crippen molar-refractivity contribution >= 4 is 0 Å². The van der Waals surface area contributed by atoms with Crippen molar-refractivity contribution in [3.63, 3.8) is 0 Å². The smallest absolute Gasteiger partial charge is 0.128 e. The number of nitrogens with one attached hydrogen (secondary N) is 1. The molecule has 21 heavy (non-hydrogen) atoms. The van der Waals surface area contributed by atoms with E-state index in [2.05, 4.69) is 37.9 Å². The van der Waals surface area contributed by atoms with E-state index >= 15 is 0 Å². The second kappa shape index (κ2) is 9.91. The van der Waals surface area contributed by atoms with Gasteiger partial charge in [-0.05, 0) is 31.5 Å². The molecule has 0 bridgehead atoms. The molecule has 2 nitrogen and oxygen atoms in total. The summed E-state index contributed by atoms with van der Waals surface area (Å²) in [6, 6.07) is 7.20. The Balaban J connectivity index is 2.79. The van der Waals surface area contributed by atoms with Crippen LogP contribution < -0.4 is 5.32 Å². The Hall–Kier alpha value is -0.930. The van der Waals surface area contributed by atoms with Gasteiger partial charge in [0.2, 0.25) is 0 Å². The Labute approximate surface area is 129 Å². The third kappa shape index (κ3) is 6.15. The van der Waals surface area contributed by atoms with Gasteiger partial charge in [-0.25, -0.2) is 4.39 Å². The Morgan fingerprint density at radius 3 is 2.43 bits per heavy atom. The highest BCUT2D eigenvalue weighted by Gasteiger charge is 2.18. The maximum absolute atomic E-state index is 14.1. The van der Waals surface area contributed by atoms with Crippen molar-refractivity contribution < 1.29 is 4.39 Å². The van der Waals surface area contributed by atoms with Gasteiger partial charge in [0.1, 0.15) is 5.82 Å². The quantitative estimate of drug-likeness (QED) is 0.694. The lowest BCUT2D eigenvalue weighted by molar-refractivity contribution is 0.219. The molecule has 0 aliphatic rings. The van der Waals surface area contributed by atoms with Gasteiger partial charge in [0.25, 0.3) is 0 Å². The molecule has 0 aromatic heterocycles. The van der Waals surface area contributed by atoms with Crippen LogP contribution in [0, 0.1) is 11.7 Å². The number of hydrogen-bond acceptors (Lipinski definition) is 2. The summed E-state index contributed by atoms with van der Waals surface area (Å²) < 4.78 is 14.1. The Morgan fingerprint density at radius 1 is 1.14 bits per heavy atom. The van der Waals surface area contributed by atoms with Crippen molar-refractivity contribution in [1.29, 1.82) is 0 Å². The molecule has 2 unspecified atom stereocenters. The third-order valence-corrected chi connectivity index (χ3v) is 4.08. The molecular weight excluding hydrogens is 263 g/mol. The zero-order chi connectivity index (χ0) is 15.7. The van der Waals surface area contributed by atoms with E-state index in [0.29, 0.717) is 5.92 Å². The van der Waals surface area contributed by atoms with Gasteiger partial charge in [-0.15, -0.1) is 0 Å². The number of rotatable bonds is 10. The minimum Gasteiger partial charge on any atom is -0.309 e. The van der Waals surface area contributed by atoms with E-state index < -0.39 is 0 Å². The summed E-state index contributed by atoms with van der Waals surface area (Å²) >= 11 is 0. The van der Waals surface area contributed by atoms with Crippen LogP contribution in [0.4, 0.5) is 4.39 Å². The molecule has 2 atom stereocenters. The highest BCUT2D eigenvalue weighted by Crippen LogP contribution is 2.19. The molecule has 1 rings (SSSR count). The maximum Gasteiger partial charge on any atom is 0.128 e. The van der Waals surface area contributed by atoms with Crippen LogP contribution in [0.1, 0.15) is 52.1 Å². The van der Waals surface area contributed by atoms with Crippen LogP contribution in [0.2, 0.25) is 0 Å². The van der Waals surface area contributed by atoms with Crippen LogP contribution in [-0.2, 0) is 0 Å². The summed E-state index contributed by atoms with van der Waals surface area (Å²) in [5.41, 5.74) is 0.786. The summed E-state index contributed by atoms with van der Waals surface area (Å²) in [5.74, 6) is 0.572. The molecule has 0 aliphatic carbocycles. The van der Waals surface area contributed by atoms with Crippen molar-refractivity contribution in [3.8, 4) is 0 Å². The van der Waals surface area contributed by atoms with Crippen LogP contribution >= 0.6 is 0 Å². The van der Waals surface area contributed by atoms with Gasteiger partial charge in [0.05, 0.1) is 0 Å². The minimum atomic E-state index is -0.106. The molecule has 0 saturated heterocycles. The molecule has 1 N–H and O–H groups in total. The summed E-state index contributed by atoms with van der Waals surface area (Å²) in [4.78, 5) is 2.42. The summed E-state index contributed by atoms with van der Waals surface area (Å²) in [6.45, 7) is 12.7. The number of benzene rings is 1. The van der Waals surface area contributed by atoms with Crippen LogP contribution in [0.3, 0.4) is 0 Å². The largest absolute Gasteiger partial charge is 0.309 e. The number of likely N-dealkylation sites (N-methyl/N-ethyl adjacent to an activating group) is 1. The molecule has 0 heterocycles. The van der Waals surface area contributed by atoms with Crippen molar-refractivity contribution in [2.45, 2.75) is 46.6 Å². The normalized spacial score (nSPS) is 14.4. The number of halogens is 1. The second-order valence-electron chi connectivity index (χ2n) is 5.89. The summed E-state index contributed by atoms with van der Waals surface area (Å²) in [5, 5.41) is 3.50. The van der Waals surface area contributed by atoms with Gasteiger partial charge in [0.15, 0.2) is 0 Å². The summed E-state index contributed by atoms with van der Waals surface area (Å²) in [6.07, 6.45) is 2.24. The third-order valence-electron chi connectivity index (χ3n) is 4.08. The van der Waals surface area contributed by atoms with Crippen molar-refractivity contribution in [2.75, 3.05) is 26.2 Å². The number of nitrogens with zero attached hydrogens (tertiary/aromatic N) is 1. The molecule has 3 heteroatoms. The predicted octanol–water partition coefficient (Wildman–Crippen LogP) is 4.23. The van der Waals surface area contributed by atoms with E-state index in [1.807, 2.05) is 12.1 Å². The molecule has 0 amide bonds. The average molecular weight is 294 g/mol. The monoisotopic (exact) mass is 294 g/mol. The molecule has 0 spiro atoms. The van der Waals surface area contributed by atoms with Crippen LogP contribution in [0.5, 0.6) is 0 Å². The zero-order valence-electron chi connectivity index (χ0n) is 14.0. The maximum atomic E-state index is 14.1. The lowest BCUT2D eigenvalue weighted by Gasteiger charge is -2.29. The lowest BCUT2D eigenvalue weighted by atomic mass is 10.0. The van der Waals surface area contributed by atoms with Crippen LogP contribution in [0.15, 0.2) is 24.3 Å². The van der Waals surface area contributed by atoms with Gasteiger partial charge in [-0.2, -0.15) is 0 Å². The van der Waals surface area contributed by atoms with Gasteiger partial charge in [-0.1, -0.05) is 52.3 Å². The molecular formula is C18H31FN2. The van der Waals surface area contributed by atoms with E-state index in [1.165, 1.54) is 6.42 Å². The highest BCUT2D eigenvalue weighted by atomic mass is 19.1. The first-order valence-electron chi connectivity index (χ1n) is 8.32.